The summed E-state index contributed by atoms with van der Waals surface area (Å²) in [4.78, 5) is 0. The Bertz CT molecular complexity index is 678. The lowest BCUT2D eigenvalue weighted by atomic mass is 9.79. The van der Waals surface area contributed by atoms with Crippen LogP contribution < -0.4 is 0 Å². The minimum atomic E-state index is -0.194. The van der Waals surface area contributed by atoms with Crippen LogP contribution in [-0.2, 0) is 0 Å². The molecule has 5 aliphatic rings. The van der Waals surface area contributed by atoms with E-state index in [0.717, 1.165) is 12.8 Å². The Morgan fingerprint density at radius 2 is 0.177 bits per heavy atom. The van der Waals surface area contributed by atoms with Crippen LogP contribution in [0, 0.1) is 5.41 Å². The average Bonchev–Trinajstić information content (AvgIpc) is 3.52. The highest BCUT2D eigenvalue weighted by Gasteiger charge is 2.27. The first-order chi connectivity index (χ1) is 39.3. The topological polar surface area (TPSA) is 40.5 Å². The fraction of sp³-hybridized carbons (Fsp3) is 1.00. The van der Waals surface area contributed by atoms with E-state index in [2.05, 4.69) is 0 Å². The van der Waals surface area contributed by atoms with E-state index in [9.17, 15) is 10.2 Å². The Balaban J connectivity index is 0.000000495. The molecule has 5 rings (SSSR count). The number of rotatable bonds is 2. The van der Waals surface area contributed by atoms with Crippen molar-refractivity contribution in [2.24, 2.45) is 5.41 Å². The van der Waals surface area contributed by atoms with Crippen LogP contribution in [0.15, 0.2) is 0 Å². The monoisotopic (exact) mass is 1110 g/mol. The standard InChI is InChI=1S/C17H34O2.4C15H30/c18-15-17(16-19)13-11-9-7-5-3-1-2-4-6-8-10-12-14-17;4*1-2-4-6-8-10-12-14-15-13-11-9-7-5-3-1/h18-19H,1-16H2;4*1-15H2. The van der Waals surface area contributed by atoms with Crippen molar-refractivity contribution in [1.82, 2.24) is 0 Å². The molecule has 0 heterocycles. The normalized spacial score (nSPS) is 24.1. The molecule has 0 aromatic carbocycles. The predicted octanol–water partition coefficient (Wildman–Crippen LogP) is 27.8. The molecule has 0 saturated heterocycles. The zero-order valence-corrected chi connectivity index (χ0v) is 55.1. The molecule has 2 N–H and O–H groups in total. The molecule has 0 unspecified atom stereocenters. The SMILES string of the molecule is C1CCCCCCCCCCCCCC1.C1CCCCCCCCCCCCCC1.C1CCCCCCCCCCCCCC1.C1CCCCCCCCCCCCCC1.OCC1(CO)CCCCCCCCCCCCCC1. The van der Waals surface area contributed by atoms with E-state index in [1.807, 2.05) is 0 Å². The van der Waals surface area contributed by atoms with Gasteiger partial charge in [-0.2, -0.15) is 0 Å². The lowest BCUT2D eigenvalue weighted by molar-refractivity contribution is 0.0353. The molecule has 5 aliphatic carbocycles. The number of hydrogen-bond acceptors (Lipinski definition) is 2. The molecule has 474 valence electrons. The van der Waals surface area contributed by atoms with Gasteiger partial charge in [0.25, 0.3) is 0 Å². The van der Waals surface area contributed by atoms with E-state index >= 15 is 0 Å². The summed E-state index contributed by atoms with van der Waals surface area (Å²) in [5.74, 6) is 0. The molecule has 0 amide bonds. The van der Waals surface area contributed by atoms with Crippen molar-refractivity contribution in [1.29, 1.82) is 0 Å². The van der Waals surface area contributed by atoms with E-state index in [0.29, 0.717) is 0 Å². The Labute approximate surface area is 501 Å². The predicted molar refractivity (Wildman–Crippen MR) is 358 cm³/mol. The van der Waals surface area contributed by atoms with E-state index in [-0.39, 0.29) is 18.6 Å². The Morgan fingerprint density at radius 1 is 0.114 bits per heavy atom. The van der Waals surface area contributed by atoms with Gasteiger partial charge in [-0.1, -0.05) is 462 Å². The summed E-state index contributed by atoms with van der Waals surface area (Å²) in [7, 11) is 0. The van der Waals surface area contributed by atoms with Crippen molar-refractivity contribution >= 4 is 0 Å². The molecule has 0 aromatic rings. The molecule has 79 heavy (non-hydrogen) atoms. The van der Waals surface area contributed by atoms with Gasteiger partial charge in [0.1, 0.15) is 0 Å². The molecule has 5 saturated carbocycles. The second-order valence-electron chi connectivity index (χ2n) is 27.8. The second kappa shape index (κ2) is 68.7. The molecule has 0 atom stereocenters. The van der Waals surface area contributed by atoms with Crippen LogP contribution in [0.2, 0.25) is 0 Å². The lowest BCUT2D eigenvalue weighted by Crippen LogP contribution is -2.29. The van der Waals surface area contributed by atoms with Crippen molar-refractivity contribution in [3.8, 4) is 0 Å². The first kappa shape index (κ1) is 76.9. The van der Waals surface area contributed by atoms with Gasteiger partial charge in [0.05, 0.1) is 13.2 Å². The van der Waals surface area contributed by atoms with Gasteiger partial charge in [0.2, 0.25) is 0 Å². The van der Waals surface area contributed by atoms with E-state index < -0.39 is 0 Å². The molecule has 5 fully saturated rings. The minimum Gasteiger partial charge on any atom is -0.396 e. The maximum Gasteiger partial charge on any atom is 0.0509 e. The van der Waals surface area contributed by atoms with Crippen molar-refractivity contribution in [2.75, 3.05) is 13.2 Å². The zero-order chi connectivity index (χ0) is 56.2. The van der Waals surface area contributed by atoms with Crippen molar-refractivity contribution in [3.63, 3.8) is 0 Å². The smallest absolute Gasteiger partial charge is 0.0509 e. The van der Waals surface area contributed by atoms with E-state index in [4.69, 9.17) is 0 Å². The fourth-order valence-corrected chi connectivity index (χ4v) is 13.9. The fourth-order valence-electron chi connectivity index (χ4n) is 13.9. The summed E-state index contributed by atoms with van der Waals surface area (Å²) in [6.45, 7) is 0.312. The van der Waals surface area contributed by atoms with Crippen LogP contribution in [0.3, 0.4) is 0 Å². The molecule has 2 heteroatoms. The summed E-state index contributed by atoms with van der Waals surface area (Å²) in [6.07, 6.45) is 108. The van der Waals surface area contributed by atoms with Crippen molar-refractivity contribution in [3.05, 3.63) is 0 Å². The molecule has 0 spiro atoms. The molecular weight excluding hydrogens is 957 g/mol. The maximum atomic E-state index is 9.63. The molecule has 2 nitrogen and oxygen atoms in total. The average molecular weight is 1110 g/mol. The van der Waals surface area contributed by atoms with Gasteiger partial charge in [-0.15, -0.1) is 0 Å². The Morgan fingerprint density at radius 3 is 0.241 bits per heavy atom. The van der Waals surface area contributed by atoms with E-state index in [1.165, 1.54) is 462 Å². The van der Waals surface area contributed by atoms with Gasteiger partial charge >= 0.3 is 0 Å². The van der Waals surface area contributed by atoms with Gasteiger partial charge in [-0.05, 0) is 12.8 Å². The number of hydrogen-bond donors (Lipinski definition) is 2. The highest BCUT2D eigenvalue weighted by molar-refractivity contribution is 4.78. The third-order valence-electron chi connectivity index (χ3n) is 19.8. The molecule has 0 aliphatic heterocycles. The Hall–Kier alpha value is -0.0800. The van der Waals surface area contributed by atoms with Gasteiger partial charge < -0.3 is 10.2 Å². The van der Waals surface area contributed by atoms with Crippen LogP contribution in [0.25, 0.3) is 0 Å². The van der Waals surface area contributed by atoms with Crippen LogP contribution in [0.4, 0.5) is 0 Å². The van der Waals surface area contributed by atoms with Crippen LogP contribution >= 0.6 is 0 Å². The third kappa shape index (κ3) is 62.3. The molecular formula is C77H154O2. The maximum absolute atomic E-state index is 9.63. The first-order valence-corrected chi connectivity index (χ1v) is 38.5. The highest BCUT2D eigenvalue weighted by atomic mass is 16.3. The van der Waals surface area contributed by atoms with Crippen molar-refractivity contribution in [2.45, 2.75) is 475 Å². The summed E-state index contributed by atoms with van der Waals surface area (Å²) in [6, 6.07) is 0. The van der Waals surface area contributed by atoms with Gasteiger partial charge in [0, 0.05) is 5.41 Å². The minimum absolute atomic E-state index is 0.156. The quantitative estimate of drug-likeness (QED) is 0.289. The first-order valence-electron chi connectivity index (χ1n) is 38.5. The Kier molecular flexibility index (Phi) is 66.9. The molecule has 0 radical (unpaired) electrons. The second-order valence-corrected chi connectivity index (χ2v) is 27.8. The lowest BCUT2D eigenvalue weighted by Gasteiger charge is -2.30. The summed E-state index contributed by atoms with van der Waals surface area (Å²) < 4.78 is 0. The van der Waals surface area contributed by atoms with Crippen LogP contribution in [0.1, 0.15) is 475 Å². The van der Waals surface area contributed by atoms with Gasteiger partial charge in [-0.3, -0.25) is 0 Å². The van der Waals surface area contributed by atoms with Crippen molar-refractivity contribution < 1.29 is 10.2 Å². The summed E-state index contributed by atoms with van der Waals surface area (Å²) in [5, 5.41) is 19.3. The third-order valence-corrected chi connectivity index (χ3v) is 19.8. The van der Waals surface area contributed by atoms with Crippen LogP contribution in [0.5, 0.6) is 0 Å². The highest BCUT2D eigenvalue weighted by Crippen LogP contribution is 2.32. The number of aliphatic hydroxyl groups excluding tert-OH is 2. The summed E-state index contributed by atoms with van der Waals surface area (Å²) in [5.41, 5.74) is -0.194. The number of aliphatic hydroxyl groups is 2. The van der Waals surface area contributed by atoms with Crippen LogP contribution in [-0.4, -0.2) is 23.4 Å². The largest absolute Gasteiger partial charge is 0.396 e. The summed E-state index contributed by atoms with van der Waals surface area (Å²) >= 11 is 0. The van der Waals surface area contributed by atoms with E-state index in [1.54, 1.807) is 0 Å². The zero-order valence-electron chi connectivity index (χ0n) is 55.1. The molecule has 0 bridgehead atoms. The molecule has 0 aromatic heterocycles. The van der Waals surface area contributed by atoms with Gasteiger partial charge in [0.15, 0.2) is 0 Å². The van der Waals surface area contributed by atoms with Gasteiger partial charge in [-0.25, -0.2) is 0 Å².